The largest absolute Gasteiger partial charge is 0.359 e. The van der Waals surface area contributed by atoms with Crippen LogP contribution < -0.4 is 10.6 Å². The highest BCUT2D eigenvalue weighted by atomic mass is 32.2. The van der Waals surface area contributed by atoms with Gasteiger partial charge in [-0.1, -0.05) is 18.2 Å². The Bertz CT molecular complexity index is 350. The number of nitrogens with one attached hydrogen (secondary N) is 2. The minimum Gasteiger partial charge on any atom is -0.359 e. The first-order valence-electron chi connectivity index (χ1n) is 4.56. The third-order valence-corrected chi connectivity index (χ3v) is 2.80. The summed E-state index contributed by atoms with van der Waals surface area (Å²) < 4.78 is 0. The molecule has 0 heterocycles. The minimum atomic E-state index is 0.622. The Balaban J connectivity index is 2.63. The maximum absolute atomic E-state index is 5.13. The molecule has 0 aliphatic rings. The SMILES string of the molecule is C=CCNC(=S)Nc1ccccc1SC. The number of hydrogen-bond acceptors (Lipinski definition) is 2. The van der Waals surface area contributed by atoms with Gasteiger partial charge >= 0.3 is 0 Å². The highest BCUT2D eigenvalue weighted by Crippen LogP contribution is 2.24. The van der Waals surface area contributed by atoms with Crippen LogP contribution in [0, 0.1) is 0 Å². The Hall–Kier alpha value is -1.00. The van der Waals surface area contributed by atoms with Crippen LogP contribution >= 0.6 is 24.0 Å². The van der Waals surface area contributed by atoms with Gasteiger partial charge in [-0.3, -0.25) is 0 Å². The van der Waals surface area contributed by atoms with E-state index in [1.807, 2.05) is 24.5 Å². The fourth-order valence-electron chi connectivity index (χ4n) is 1.08. The van der Waals surface area contributed by atoms with Gasteiger partial charge in [0, 0.05) is 11.4 Å². The van der Waals surface area contributed by atoms with Crippen molar-refractivity contribution in [2.24, 2.45) is 0 Å². The maximum atomic E-state index is 5.13. The second kappa shape index (κ2) is 6.48. The van der Waals surface area contributed by atoms with E-state index in [-0.39, 0.29) is 0 Å². The van der Waals surface area contributed by atoms with Gasteiger partial charge in [-0.25, -0.2) is 0 Å². The van der Waals surface area contributed by atoms with Crippen molar-refractivity contribution in [2.45, 2.75) is 4.90 Å². The standard InChI is InChI=1S/C11H14N2S2/c1-3-8-12-11(14)13-9-6-4-5-7-10(9)15-2/h3-7H,1,8H2,2H3,(H2,12,13,14). The zero-order valence-electron chi connectivity index (χ0n) is 8.62. The monoisotopic (exact) mass is 238 g/mol. The molecule has 0 saturated carbocycles. The summed E-state index contributed by atoms with van der Waals surface area (Å²) in [7, 11) is 0. The number of para-hydroxylation sites is 1. The van der Waals surface area contributed by atoms with Crippen molar-refractivity contribution in [1.29, 1.82) is 0 Å². The summed E-state index contributed by atoms with van der Waals surface area (Å²) in [6, 6.07) is 8.06. The van der Waals surface area contributed by atoms with Gasteiger partial charge < -0.3 is 10.6 Å². The Kier molecular flexibility index (Phi) is 5.21. The molecule has 0 aromatic heterocycles. The molecular formula is C11H14N2S2. The van der Waals surface area contributed by atoms with Gasteiger partial charge in [-0.05, 0) is 30.6 Å². The van der Waals surface area contributed by atoms with Gasteiger partial charge in [0.25, 0.3) is 0 Å². The van der Waals surface area contributed by atoms with Crippen LogP contribution in [0.4, 0.5) is 5.69 Å². The average molecular weight is 238 g/mol. The maximum Gasteiger partial charge on any atom is 0.171 e. The Morgan fingerprint density at radius 3 is 2.93 bits per heavy atom. The summed E-state index contributed by atoms with van der Waals surface area (Å²) in [6.45, 7) is 4.29. The van der Waals surface area contributed by atoms with Crippen molar-refractivity contribution in [3.05, 3.63) is 36.9 Å². The van der Waals surface area contributed by atoms with Gasteiger partial charge in [0.2, 0.25) is 0 Å². The van der Waals surface area contributed by atoms with Gasteiger partial charge in [0.1, 0.15) is 0 Å². The van der Waals surface area contributed by atoms with E-state index in [9.17, 15) is 0 Å². The van der Waals surface area contributed by atoms with E-state index in [1.54, 1.807) is 17.8 Å². The van der Waals surface area contributed by atoms with E-state index in [2.05, 4.69) is 23.3 Å². The molecule has 15 heavy (non-hydrogen) atoms. The van der Waals surface area contributed by atoms with Crippen molar-refractivity contribution >= 4 is 34.8 Å². The molecule has 1 aromatic carbocycles. The van der Waals surface area contributed by atoms with Crippen LogP contribution in [0.15, 0.2) is 41.8 Å². The van der Waals surface area contributed by atoms with E-state index in [4.69, 9.17) is 12.2 Å². The van der Waals surface area contributed by atoms with Crippen LogP contribution in [0.5, 0.6) is 0 Å². The predicted octanol–water partition coefficient (Wildman–Crippen LogP) is 2.88. The molecule has 2 N–H and O–H groups in total. The molecule has 0 amide bonds. The molecule has 0 unspecified atom stereocenters. The minimum absolute atomic E-state index is 0.622. The summed E-state index contributed by atoms with van der Waals surface area (Å²) in [5.41, 5.74) is 1.03. The first-order chi connectivity index (χ1) is 7.27. The third kappa shape index (κ3) is 3.93. The first kappa shape index (κ1) is 12.1. The van der Waals surface area contributed by atoms with Crippen LogP contribution in [0.25, 0.3) is 0 Å². The predicted molar refractivity (Wildman–Crippen MR) is 72.6 cm³/mol. The quantitative estimate of drug-likeness (QED) is 0.478. The molecule has 0 atom stereocenters. The zero-order valence-corrected chi connectivity index (χ0v) is 10.3. The smallest absolute Gasteiger partial charge is 0.171 e. The lowest BCUT2D eigenvalue weighted by atomic mass is 10.3. The Morgan fingerprint density at radius 1 is 1.53 bits per heavy atom. The fourth-order valence-corrected chi connectivity index (χ4v) is 1.83. The van der Waals surface area contributed by atoms with Gasteiger partial charge in [0.15, 0.2) is 5.11 Å². The fraction of sp³-hybridized carbons (Fsp3) is 0.182. The topological polar surface area (TPSA) is 24.1 Å². The third-order valence-electron chi connectivity index (χ3n) is 1.76. The van der Waals surface area contributed by atoms with Crippen molar-refractivity contribution in [2.75, 3.05) is 18.1 Å². The Labute approximate surface area is 100 Å². The first-order valence-corrected chi connectivity index (χ1v) is 6.20. The van der Waals surface area contributed by atoms with E-state index >= 15 is 0 Å². The molecule has 1 aromatic rings. The molecule has 4 heteroatoms. The molecule has 0 radical (unpaired) electrons. The molecule has 0 aliphatic carbocycles. The second-order valence-corrected chi connectivity index (χ2v) is 4.08. The van der Waals surface area contributed by atoms with Crippen LogP contribution in [0.1, 0.15) is 0 Å². The lowest BCUT2D eigenvalue weighted by Crippen LogP contribution is -2.28. The lowest BCUT2D eigenvalue weighted by molar-refractivity contribution is 1.06. The van der Waals surface area contributed by atoms with E-state index in [1.165, 1.54) is 4.90 Å². The number of thioether (sulfide) groups is 1. The normalized spacial score (nSPS) is 9.40. The average Bonchev–Trinajstić information content (AvgIpc) is 2.27. The van der Waals surface area contributed by atoms with Gasteiger partial charge in [0.05, 0.1) is 5.69 Å². The van der Waals surface area contributed by atoms with Crippen molar-refractivity contribution < 1.29 is 0 Å². The molecule has 0 spiro atoms. The summed E-state index contributed by atoms with van der Waals surface area (Å²) in [4.78, 5) is 1.18. The number of thiocarbonyl (C=S) groups is 1. The molecule has 0 fully saturated rings. The highest BCUT2D eigenvalue weighted by Gasteiger charge is 2.01. The molecule has 2 nitrogen and oxygen atoms in total. The number of anilines is 1. The molecule has 1 rings (SSSR count). The second-order valence-electron chi connectivity index (χ2n) is 2.82. The van der Waals surface area contributed by atoms with Crippen LogP contribution in [-0.2, 0) is 0 Å². The summed E-state index contributed by atoms with van der Waals surface area (Å²) >= 11 is 6.82. The lowest BCUT2D eigenvalue weighted by Gasteiger charge is -2.11. The van der Waals surface area contributed by atoms with Crippen molar-refractivity contribution in [3.63, 3.8) is 0 Å². The van der Waals surface area contributed by atoms with Gasteiger partial charge in [-0.15, -0.1) is 18.3 Å². The Morgan fingerprint density at radius 2 is 2.27 bits per heavy atom. The molecule has 0 aliphatic heterocycles. The van der Waals surface area contributed by atoms with E-state index in [0.717, 1.165) is 5.69 Å². The molecular weight excluding hydrogens is 224 g/mol. The molecule has 0 bridgehead atoms. The van der Waals surface area contributed by atoms with Crippen LogP contribution in [0.2, 0.25) is 0 Å². The summed E-state index contributed by atoms with van der Waals surface area (Å²) in [5.74, 6) is 0. The van der Waals surface area contributed by atoms with E-state index < -0.39 is 0 Å². The number of rotatable bonds is 4. The molecule has 0 saturated heterocycles. The van der Waals surface area contributed by atoms with Crippen molar-refractivity contribution in [3.8, 4) is 0 Å². The summed E-state index contributed by atoms with van der Waals surface area (Å²) in [5, 5.41) is 6.79. The van der Waals surface area contributed by atoms with Crippen LogP contribution in [0.3, 0.4) is 0 Å². The zero-order chi connectivity index (χ0) is 11.1. The number of hydrogen-bond donors (Lipinski definition) is 2. The van der Waals surface area contributed by atoms with Gasteiger partial charge in [-0.2, -0.15) is 0 Å². The highest BCUT2D eigenvalue weighted by molar-refractivity contribution is 7.98. The van der Waals surface area contributed by atoms with Crippen molar-refractivity contribution in [1.82, 2.24) is 5.32 Å². The van der Waals surface area contributed by atoms with Crippen LogP contribution in [-0.4, -0.2) is 17.9 Å². The summed E-state index contributed by atoms with van der Waals surface area (Å²) in [6.07, 6.45) is 3.81. The number of benzene rings is 1. The van der Waals surface area contributed by atoms with E-state index in [0.29, 0.717) is 11.7 Å². The molecule has 80 valence electrons.